The van der Waals surface area contributed by atoms with Gasteiger partial charge in [0.25, 0.3) is 0 Å². The Morgan fingerprint density at radius 3 is 1.88 bits per heavy atom. The molecule has 2 unspecified atom stereocenters. The zero-order valence-corrected chi connectivity index (χ0v) is 25.1. The summed E-state index contributed by atoms with van der Waals surface area (Å²) in [5.74, 6) is 0.911. The summed E-state index contributed by atoms with van der Waals surface area (Å²) < 4.78 is 8.93. The van der Waals surface area contributed by atoms with Crippen molar-refractivity contribution in [2.45, 2.75) is 49.8 Å². The van der Waals surface area contributed by atoms with Crippen LogP contribution in [0.3, 0.4) is 0 Å². The number of rotatable bonds is 3. The van der Waals surface area contributed by atoms with E-state index in [1.54, 1.807) is 23.3 Å². The van der Waals surface area contributed by atoms with E-state index in [9.17, 15) is 0 Å². The predicted octanol–water partition coefficient (Wildman–Crippen LogP) is 8.31. The quantitative estimate of drug-likeness (QED) is 0.300. The van der Waals surface area contributed by atoms with Crippen molar-refractivity contribution in [1.82, 2.24) is 0 Å². The molecule has 2 aliphatic rings. The molecule has 168 valence electrons. The molecule has 33 heavy (non-hydrogen) atoms. The molecule has 5 rings (SSSR count). The van der Waals surface area contributed by atoms with E-state index in [2.05, 4.69) is 117 Å². The first-order valence-corrected chi connectivity index (χ1v) is 25.6. The summed E-state index contributed by atoms with van der Waals surface area (Å²) in [5.41, 5.74) is 10.7. The Labute approximate surface area is 202 Å². The monoisotopic (exact) mass is 526 g/mol. The van der Waals surface area contributed by atoms with Crippen LogP contribution in [-0.2, 0) is 17.4 Å². The SMILES string of the molecule is CC1=C(C)C(C)[C]([Zr]([CH3])([CH3])(=[SiH2])[C]2=C(C)C(c3ccccc3)c3cc4ccccc4cc32)=C1C. The summed E-state index contributed by atoms with van der Waals surface area (Å²) in [5, 5.41) is 2.71. The standard InChI is InChI=1S/C20H15.C9H13.2CH3.H2Si.Zr/c1-14-11-18-12-16-9-5-6-10-17(16)13-19(18)20(14)15-7-3-2-4-8-15;1-6-5-7(2)9(4)8(6)3;;;;/h2-10,12-13,20H,1H3;6H,1-4H3;2*1H3;1H2;. The fourth-order valence-corrected chi connectivity index (χ4v) is 27.5. The van der Waals surface area contributed by atoms with Crippen molar-refractivity contribution in [3.05, 3.63) is 109 Å². The molecule has 2 aliphatic carbocycles. The summed E-state index contributed by atoms with van der Waals surface area (Å²) in [7, 11) is 0. The minimum atomic E-state index is -3.53. The van der Waals surface area contributed by atoms with Crippen molar-refractivity contribution >= 4 is 20.9 Å². The second-order valence-corrected chi connectivity index (χ2v) is 39.7. The summed E-state index contributed by atoms with van der Waals surface area (Å²) in [6.07, 6.45) is 0. The van der Waals surface area contributed by atoms with Gasteiger partial charge in [0.2, 0.25) is 0 Å². The molecule has 3 aromatic carbocycles. The van der Waals surface area contributed by atoms with E-state index in [1.165, 1.54) is 33.0 Å². The van der Waals surface area contributed by atoms with Crippen molar-refractivity contribution in [2.24, 2.45) is 5.92 Å². The van der Waals surface area contributed by atoms with E-state index < -0.39 is 17.4 Å². The average Bonchev–Trinajstić information content (AvgIpc) is 3.18. The van der Waals surface area contributed by atoms with Crippen LogP contribution in [0.5, 0.6) is 0 Å². The zero-order valence-electron chi connectivity index (χ0n) is 21.2. The molecule has 0 bridgehead atoms. The van der Waals surface area contributed by atoms with Crippen LogP contribution < -0.4 is 0 Å². The molecule has 0 radical (unpaired) electrons. The van der Waals surface area contributed by atoms with Gasteiger partial charge in [-0.1, -0.05) is 0 Å². The molecule has 0 amide bonds. The average molecular weight is 528 g/mol. The van der Waals surface area contributed by atoms with Crippen LogP contribution in [0.2, 0.25) is 9.26 Å². The molecule has 0 heterocycles. The molecule has 0 aliphatic heterocycles. The molecule has 2 atom stereocenters. The van der Waals surface area contributed by atoms with Gasteiger partial charge in [-0.15, -0.1) is 0 Å². The Balaban J connectivity index is 1.85. The first-order chi connectivity index (χ1) is 15.5. The van der Waals surface area contributed by atoms with Crippen LogP contribution in [0, 0.1) is 5.92 Å². The van der Waals surface area contributed by atoms with Crippen LogP contribution in [0.25, 0.3) is 14.1 Å². The van der Waals surface area contributed by atoms with E-state index in [0.717, 1.165) is 0 Å². The zero-order chi connectivity index (χ0) is 23.7. The van der Waals surface area contributed by atoms with E-state index in [0.29, 0.717) is 11.8 Å². The fourth-order valence-electron chi connectivity index (χ4n) is 7.24. The number of hydrogen-bond donors (Lipinski definition) is 0. The van der Waals surface area contributed by atoms with Gasteiger partial charge in [-0.2, -0.15) is 0 Å². The van der Waals surface area contributed by atoms with Crippen molar-refractivity contribution < 1.29 is 17.4 Å². The van der Waals surface area contributed by atoms with E-state index in [4.69, 9.17) is 0 Å². The molecule has 0 saturated carbocycles. The van der Waals surface area contributed by atoms with Gasteiger partial charge in [0.1, 0.15) is 0 Å². The van der Waals surface area contributed by atoms with Crippen molar-refractivity contribution in [2.75, 3.05) is 0 Å². The van der Waals surface area contributed by atoms with Crippen LogP contribution in [0.15, 0.2) is 92.3 Å². The van der Waals surface area contributed by atoms with Gasteiger partial charge < -0.3 is 0 Å². The van der Waals surface area contributed by atoms with Crippen molar-refractivity contribution in [1.29, 1.82) is 0 Å². The van der Waals surface area contributed by atoms with Gasteiger partial charge in [-0.25, -0.2) is 0 Å². The maximum absolute atomic E-state index is 3.53. The number of hydrogen-bond acceptors (Lipinski definition) is 0. The topological polar surface area (TPSA) is 0 Å². The van der Waals surface area contributed by atoms with Crippen LogP contribution in [0.4, 0.5) is 0 Å². The summed E-state index contributed by atoms with van der Waals surface area (Å²) >= 11 is -3.53. The van der Waals surface area contributed by atoms with Crippen LogP contribution in [0.1, 0.15) is 57.2 Å². The molecule has 0 saturated heterocycles. The normalized spacial score (nSPS) is 21.5. The van der Waals surface area contributed by atoms with Gasteiger partial charge in [-0.3, -0.25) is 0 Å². The summed E-state index contributed by atoms with van der Waals surface area (Å²) in [6, 6.07) is 25.1. The van der Waals surface area contributed by atoms with E-state index >= 15 is 0 Å². The molecular weight excluding hydrogens is 492 g/mol. The first-order valence-electron chi connectivity index (χ1n) is 12.3. The van der Waals surface area contributed by atoms with Gasteiger partial charge in [0.15, 0.2) is 0 Å². The maximum atomic E-state index is 2.70. The Morgan fingerprint density at radius 1 is 0.727 bits per heavy atom. The number of allylic oxidation sites excluding steroid dienone is 5. The molecule has 0 fully saturated rings. The Morgan fingerprint density at radius 2 is 1.30 bits per heavy atom. The van der Waals surface area contributed by atoms with E-state index in [1.807, 2.05) is 0 Å². The third-order valence-corrected chi connectivity index (χ3v) is 24.9. The molecule has 0 nitrogen and oxygen atoms in total. The fraction of sp³-hybridized carbons (Fsp3) is 0.290. The van der Waals surface area contributed by atoms with Gasteiger partial charge in [0, 0.05) is 0 Å². The van der Waals surface area contributed by atoms with Crippen LogP contribution in [-0.4, -0.2) is 6.88 Å². The Bertz CT molecular complexity index is 1470. The van der Waals surface area contributed by atoms with Gasteiger partial charge >= 0.3 is 203 Å². The Hall–Kier alpha value is -1.76. The second-order valence-electron chi connectivity index (χ2n) is 11.4. The number of benzene rings is 3. The van der Waals surface area contributed by atoms with Crippen LogP contribution >= 0.6 is 0 Å². The van der Waals surface area contributed by atoms with Crippen molar-refractivity contribution in [3.63, 3.8) is 0 Å². The van der Waals surface area contributed by atoms with E-state index in [-0.39, 0.29) is 0 Å². The molecular formula is C31H36SiZr. The molecule has 3 aromatic rings. The molecule has 2 heteroatoms. The third kappa shape index (κ3) is 3.32. The summed E-state index contributed by atoms with van der Waals surface area (Å²) in [6.45, 7) is 14.4. The summed E-state index contributed by atoms with van der Waals surface area (Å²) in [4.78, 5) is 0. The van der Waals surface area contributed by atoms with Gasteiger partial charge in [-0.05, 0) is 0 Å². The second kappa shape index (κ2) is 7.62. The van der Waals surface area contributed by atoms with Gasteiger partial charge in [0.05, 0.1) is 0 Å². The first kappa shape index (κ1) is 23.0. The Kier molecular flexibility index (Phi) is 5.31. The molecule has 0 aromatic heterocycles. The predicted molar refractivity (Wildman–Crippen MR) is 145 cm³/mol. The molecule has 0 N–H and O–H groups in total. The number of fused-ring (bicyclic) bond motifs is 2. The molecule has 0 spiro atoms. The van der Waals surface area contributed by atoms with Crippen molar-refractivity contribution in [3.8, 4) is 0 Å². The minimum absolute atomic E-state index is 0.353. The third-order valence-electron chi connectivity index (χ3n) is 8.76.